The van der Waals surface area contributed by atoms with E-state index in [1.165, 1.54) is 0 Å². The fourth-order valence-corrected chi connectivity index (χ4v) is 2.56. The van der Waals surface area contributed by atoms with Crippen LogP contribution in [0.1, 0.15) is 25.7 Å². The minimum Gasteiger partial charge on any atom is -0.125 e. The van der Waals surface area contributed by atoms with Gasteiger partial charge >= 0.3 is 0 Å². The summed E-state index contributed by atoms with van der Waals surface area (Å²) < 4.78 is 0. The largest absolute Gasteiger partial charge is 0.125 e. The lowest BCUT2D eigenvalue weighted by Crippen LogP contribution is -2.20. The minimum atomic E-state index is -0.146. The fourth-order valence-electron chi connectivity index (χ4n) is 1.25. The van der Waals surface area contributed by atoms with Crippen LogP contribution < -0.4 is 0 Å². The van der Waals surface area contributed by atoms with Crippen LogP contribution in [0.15, 0.2) is 0 Å². The first-order valence-corrected chi connectivity index (χ1v) is 8.01. The van der Waals surface area contributed by atoms with Crippen LogP contribution in [0.2, 0.25) is 0 Å². The fraction of sp³-hybridized carbons (Fsp3) is 1.00. The van der Waals surface area contributed by atoms with Crippen LogP contribution in [0.5, 0.6) is 0 Å². The van der Waals surface area contributed by atoms with Crippen LogP contribution in [-0.4, -0.2) is 33.3 Å². The van der Waals surface area contributed by atoms with Gasteiger partial charge in [0.05, 0.1) is 5.38 Å². The van der Waals surface area contributed by atoms with Gasteiger partial charge in [0.1, 0.15) is 0 Å². The highest BCUT2D eigenvalue weighted by Gasteiger charge is 2.20. The maximum atomic E-state index is 6.15. The first-order valence-electron chi connectivity index (χ1n) is 5.19. The number of alkyl halides is 6. The normalized spacial score (nSPS) is 19.1. The maximum absolute atomic E-state index is 6.15. The van der Waals surface area contributed by atoms with Crippen LogP contribution in [0.25, 0.3) is 0 Å². The molecule has 0 fully saturated rings. The zero-order chi connectivity index (χ0) is 12.6. The Morgan fingerprint density at radius 1 is 0.688 bits per heavy atom. The predicted molar refractivity (Wildman–Crippen MR) is 78.5 cm³/mol. The molecule has 0 rings (SSSR count). The zero-order valence-corrected chi connectivity index (χ0v) is 13.4. The summed E-state index contributed by atoms with van der Waals surface area (Å²) in [7, 11) is 0. The lowest BCUT2D eigenvalue weighted by molar-refractivity contribution is 0.603. The monoisotopic (exact) mass is 346 g/mol. The quantitative estimate of drug-likeness (QED) is 0.486. The second-order valence-electron chi connectivity index (χ2n) is 3.70. The average molecular weight is 349 g/mol. The molecular formula is C10H16Cl6. The molecule has 6 heteroatoms. The van der Waals surface area contributed by atoms with Crippen molar-refractivity contribution >= 4 is 69.6 Å². The second-order valence-corrected chi connectivity index (χ2v) is 6.67. The van der Waals surface area contributed by atoms with Crippen molar-refractivity contribution in [1.29, 1.82) is 0 Å². The summed E-state index contributed by atoms with van der Waals surface area (Å²) in [6.07, 6.45) is 3.23. The SMILES string of the molecule is ClCC(Cl)CCCC(Cl)C(Cl)CC(Cl)CCl. The van der Waals surface area contributed by atoms with E-state index >= 15 is 0 Å². The van der Waals surface area contributed by atoms with Crippen molar-refractivity contribution in [3.63, 3.8) is 0 Å². The van der Waals surface area contributed by atoms with E-state index in [0.717, 1.165) is 19.3 Å². The first-order chi connectivity index (χ1) is 7.51. The number of rotatable bonds is 9. The Morgan fingerprint density at radius 2 is 1.25 bits per heavy atom. The van der Waals surface area contributed by atoms with Gasteiger partial charge in [-0.25, -0.2) is 0 Å². The number of hydrogen-bond donors (Lipinski definition) is 0. The van der Waals surface area contributed by atoms with Crippen molar-refractivity contribution in [3.05, 3.63) is 0 Å². The van der Waals surface area contributed by atoms with Gasteiger partial charge in [0, 0.05) is 27.9 Å². The summed E-state index contributed by atoms with van der Waals surface area (Å²) in [5.74, 6) is 0.860. The van der Waals surface area contributed by atoms with E-state index < -0.39 is 0 Å². The average Bonchev–Trinajstić information content (AvgIpc) is 2.28. The van der Waals surface area contributed by atoms with Crippen molar-refractivity contribution < 1.29 is 0 Å². The molecule has 0 heterocycles. The Bertz CT molecular complexity index is 165. The van der Waals surface area contributed by atoms with E-state index in [1.54, 1.807) is 0 Å². The summed E-state index contributed by atoms with van der Waals surface area (Å²) >= 11 is 35.2. The van der Waals surface area contributed by atoms with Gasteiger partial charge in [0.2, 0.25) is 0 Å². The Kier molecular flexibility index (Phi) is 11.8. The van der Waals surface area contributed by atoms with Crippen molar-refractivity contribution in [3.8, 4) is 0 Å². The van der Waals surface area contributed by atoms with Crippen LogP contribution in [0.4, 0.5) is 0 Å². The summed E-state index contributed by atoms with van der Waals surface area (Å²) in [6, 6.07) is 0. The Balaban J connectivity index is 3.66. The standard InChI is InChI=1S/C10H16Cl6/c11-5-7(13)2-1-3-9(15)10(16)4-8(14)6-12/h7-10H,1-6H2. The van der Waals surface area contributed by atoms with E-state index in [1.807, 2.05) is 0 Å². The minimum absolute atomic E-state index is 0.0166. The smallest absolute Gasteiger partial charge is 0.0514 e. The lowest BCUT2D eigenvalue weighted by atomic mass is 10.1. The van der Waals surface area contributed by atoms with Crippen molar-refractivity contribution in [2.45, 2.75) is 47.2 Å². The van der Waals surface area contributed by atoms with Gasteiger partial charge in [-0.3, -0.25) is 0 Å². The van der Waals surface area contributed by atoms with Crippen molar-refractivity contribution in [2.24, 2.45) is 0 Å². The third-order valence-corrected chi connectivity index (χ3v) is 5.11. The van der Waals surface area contributed by atoms with Gasteiger partial charge < -0.3 is 0 Å². The number of halogens is 6. The van der Waals surface area contributed by atoms with Crippen molar-refractivity contribution in [1.82, 2.24) is 0 Å². The van der Waals surface area contributed by atoms with Gasteiger partial charge in [-0.15, -0.1) is 69.6 Å². The molecule has 0 bridgehead atoms. The molecule has 0 saturated heterocycles. The highest BCUT2D eigenvalue weighted by atomic mass is 35.5. The Morgan fingerprint density at radius 3 is 1.75 bits per heavy atom. The molecule has 0 spiro atoms. The summed E-state index contributed by atoms with van der Waals surface area (Å²) in [5, 5.41) is -0.338. The van der Waals surface area contributed by atoms with Gasteiger partial charge in [0.15, 0.2) is 0 Å². The van der Waals surface area contributed by atoms with E-state index in [0.29, 0.717) is 18.2 Å². The van der Waals surface area contributed by atoms with Gasteiger partial charge in [-0.05, 0) is 19.3 Å². The maximum Gasteiger partial charge on any atom is 0.0514 e. The molecular weight excluding hydrogens is 333 g/mol. The summed E-state index contributed by atoms with van der Waals surface area (Å²) in [5.41, 5.74) is 0. The number of hydrogen-bond acceptors (Lipinski definition) is 0. The van der Waals surface area contributed by atoms with E-state index in [4.69, 9.17) is 69.6 Å². The third-order valence-electron chi connectivity index (χ3n) is 2.21. The molecule has 0 aliphatic heterocycles. The van der Waals surface area contributed by atoms with Crippen LogP contribution >= 0.6 is 69.6 Å². The van der Waals surface area contributed by atoms with E-state index in [2.05, 4.69) is 0 Å². The first kappa shape index (κ1) is 17.7. The molecule has 0 amide bonds. The topological polar surface area (TPSA) is 0 Å². The molecule has 0 aromatic rings. The predicted octanol–water partition coefficient (Wildman–Crippen LogP) is 5.45. The van der Waals surface area contributed by atoms with Gasteiger partial charge in [-0.2, -0.15) is 0 Å². The highest BCUT2D eigenvalue weighted by Crippen LogP contribution is 2.24. The molecule has 0 aliphatic carbocycles. The summed E-state index contributed by atoms with van der Waals surface area (Å²) in [4.78, 5) is 0. The molecule has 16 heavy (non-hydrogen) atoms. The van der Waals surface area contributed by atoms with Gasteiger partial charge in [0.25, 0.3) is 0 Å². The molecule has 0 aromatic heterocycles. The molecule has 0 nitrogen and oxygen atoms in total. The third kappa shape index (κ3) is 8.78. The Labute approximate surface area is 128 Å². The highest BCUT2D eigenvalue weighted by molar-refractivity contribution is 6.31. The Hall–Kier alpha value is 1.74. The van der Waals surface area contributed by atoms with E-state index in [9.17, 15) is 0 Å². The molecule has 0 radical (unpaired) electrons. The van der Waals surface area contributed by atoms with Crippen LogP contribution in [0.3, 0.4) is 0 Å². The molecule has 4 atom stereocenters. The molecule has 0 N–H and O–H groups in total. The molecule has 0 saturated carbocycles. The molecule has 0 aliphatic rings. The molecule has 98 valence electrons. The molecule has 0 aromatic carbocycles. The zero-order valence-electron chi connectivity index (χ0n) is 8.82. The lowest BCUT2D eigenvalue weighted by Gasteiger charge is -2.18. The van der Waals surface area contributed by atoms with Crippen LogP contribution in [-0.2, 0) is 0 Å². The van der Waals surface area contributed by atoms with Crippen molar-refractivity contribution in [2.75, 3.05) is 11.8 Å². The van der Waals surface area contributed by atoms with Gasteiger partial charge in [-0.1, -0.05) is 6.42 Å². The summed E-state index contributed by atoms with van der Waals surface area (Å²) in [6.45, 7) is 0. The van der Waals surface area contributed by atoms with Crippen LogP contribution in [0, 0.1) is 0 Å². The molecule has 4 unspecified atom stereocenters. The second kappa shape index (κ2) is 10.6. The van der Waals surface area contributed by atoms with E-state index in [-0.39, 0.29) is 21.5 Å².